The van der Waals surface area contributed by atoms with Gasteiger partial charge in [0.1, 0.15) is 10.8 Å². The highest BCUT2D eigenvalue weighted by molar-refractivity contribution is 9.10. The van der Waals surface area contributed by atoms with Crippen LogP contribution in [-0.4, -0.2) is 29.0 Å². The van der Waals surface area contributed by atoms with Gasteiger partial charge < -0.3 is 9.47 Å². The Morgan fingerprint density at radius 1 is 1.27 bits per heavy atom. The van der Waals surface area contributed by atoms with E-state index in [0.717, 1.165) is 25.7 Å². The lowest BCUT2D eigenvalue weighted by molar-refractivity contribution is -0.132. The van der Waals surface area contributed by atoms with Crippen LogP contribution in [0.4, 0.5) is 0 Å². The average Bonchev–Trinajstić information content (AvgIpc) is 2.82. The molecule has 0 radical (unpaired) electrons. The third-order valence-electron chi connectivity index (χ3n) is 5.68. The molecule has 0 aliphatic heterocycles. The second-order valence-corrected chi connectivity index (χ2v) is 9.07. The first-order valence-corrected chi connectivity index (χ1v) is 11.9. The van der Waals surface area contributed by atoms with Crippen molar-refractivity contribution in [2.75, 3.05) is 7.11 Å². The minimum absolute atomic E-state index is 0.114. The Balaban J connectivity index is 1.84. The van der Waals surface area contributed by atoms with Gasteiger partial charge in [0.25, 0.3) is 5.56 Å². The fourth-order valence-electron chi connectivity index (χ4n) is 4.09. The van der Waals surface area contributed by atoms with Crippen molar-refractivity contribution in [1.29, 1.82) is 0 Å². The number of fused-ring (bicyclic) bond motifs is 1. The van der Waals surface area contributed by atoms with E-state index >= 15 is 0 Å². The molecule has 4 rings (SSSR count). The molecule has 0 spiro atoms. The van der Waals surface area contributed by atoms with E-state index in [9.17, 15) is 9.59 Å². The number of nitrogens with zero attached hydrogens (tertiary/aromatic N) is 3. The van der Waals surface area contributed by atoms with Gasteiger partial charge in [-0.1, -0.05) is 43.0 Å². The van der Waals surface area contributed by atoms with Crippen LogP contribution in [0, 0.1) is 0 Å². The fraction of sp³-hybridized carbons (Fsp3) is 0.333. The third-order valence-corrected chi connectivity index (χ3v) is 7.13. The normalized spacial score (nSPS) is 14.7. The number of esters is 1. The summed E-state index contributed by atoms with van der Waals surface area (Å²) in [6.45, 7) is 1.28. The van der Waals surface area contributed by atoms with E-state index in [1.165, 1.54) is 31.3 Å². The average molecular weight is 533 g/mol. The Bertz CT molecular complexity index is 1300. The molecule has 0 N–H and O–H groups in total. The van der Waals surface area contributed by atoms with Gasteiger partial charge in [-0.15, -0.1) is 0 Å². The first-order valence-electron chi connectivity index (χ1n) is 10.7. The molecule has 0 atom stereocenters. The predicted molar refractivity (Wildman–Crippen MR) is 132 cm³/mol. The topological polar surface area (TPSA) is 82.8 Å². The van der Waals surface area contributed by atoms with Crippen LogP contribution in [-0.2, 0) is 4.79 Å². The standard InChI is InChI=1S/C24H23BrClN3O4/c1-14(30)33-22-19(32-2)12-16(20(25)21(22)26)13-27-29-23(15-8-4-3-5-9-15)28-18-11-7-6-10-17(18)24(29)31/h6-7,10-13,15H,3-5,8-9H2,1-2H3. The molecule has 0 amide bonds. The van der Waals surface area contributed by atoms with Gasteiger partial charge in [-0.2, -0.15) is 9.78 Å². The van der Waals surface area contributed by atoms with Gasteiger partial charge in [0, 0.05) is 22.9 Å². The minimum atomic E-state index is -0.519. The van der Waals surface area contributed by atoms with E-state index in [1.54, 1.807) is 12.1 Å². The third kappa shape index (κ3) is 4.82. The van der Waals surface area contributed by atoms with E-state index in [-0.39, 0.29) is 28.0 Å². The van der Waals surface area contributed by atoms with Crippen LogP contribution in [0.3, 0.4) is 0 Å². The van der Waals surface area contributed by atoms with Gasteiger partial charge in [0.15, 0.2) is 11.5 Å². The molecule has 1 aliphatic rings. The maximum atomic E-state index is 13.4. The lowest BCUT2D eigenvalue weighted by Crippen LogP contribution is -2.25. The van der Waals surface area contributed by atoms with Crippen LogP contribution in [0.25, 0.3) is 10.9 Å². The smallest absolute Gasteiger partial charge is 0.308 e. The fourth-order valence-corrected chi connectivity index (χ4v) is 4.72. The first-order chi connectivity index (χ1) is 15.9. The van der Waals surface area contributed by atoms with Gasteiger partial charge in [0.05, 0.1) is 24.2 Å². The molecule has 0 bridgehead atoms. The maximum Gasteiger partial charge on any atom is 0.308 e. The summed E-state index contributed by atoms with van der Waals surface area (Å²) in [7, 11) is 1.45. The van der Waals surface area contributed by atoms with Crippen molar-refractivity contribution in [2.45, 2.75) is 44.9 Å². The van der Waals surface area contributed by atoms with Crippen molar-refractivity contribution >= 4 is 50.6 Å². The second kappa shape index (κ2) is 10.1. The number of hydrogen-bond acceptors (Lipinski definition) is 6. The van der Waals surface area contributed by atoms with Crippen molar-refractivity contribution in [3.8, 4) is 11.5 Å². The number of halogens is 2. The summed E-state index contributed by atoms with van der Waals surface area (Å²) in [5, 5.41) is 5.21. The molecule has 2 aromatic carbocycles. The number of ether oxygens (including phenoxy) is 2. The van der Waals surface area contributed by atoms with Crippen LogP contribution < -0.4 is 15.0 Å². The largest absolute Gasteiger partial charge is 0.493 e. The van der Waals surface area contributed by atoms with Gasteiger partial charge >= 0.3 is 5.97 Å². The van der Waals surface area contributed by atoms with Crippen LogP contribution in [0.2, 0.25) is 5.02 Å². The van der Waals surface area contributed by atoms with Gasteiger partial charge in [-0.3, -0.25) is 9.59 Å². The molecular weight excluding hydrogens is 510 g/mol. The monoisotopic (exact) mass is 531 g/mol. The maximum absolute atomic E-state index is 13.4. The molecule has 172 valence electrons. The molecule has 7 nitrogen and oxygen atoms in total. The summed E-state index contributed by atoms with van der Waals surface area (Å²) >= 11 is 9.86. The predicted octanol–water partition coefficient (Wildman–Crippen LogP) is 5.68. The molecule has 1 fully saturated rings. The summed E-state index contributed by atoms with van der Waals surface area (Å²) in [4.78, 5) is 29.6. The van der Waals surface area contributed by atoms with Crippen molar-refractivity contribution in [3.63, 3.8) is 0 Å². The molecule has 0 unspecified atom stereocenters. The van der Waals surface area contributed by atoms with E-state index < -0.39 is 5.97 Å². The van der Waals surface area contributed by atoms with Crippen molar-refractivity contribution in [3.05, 3.63) is 61.6 Å². The highest BCUT2D eigenvalue weighted by Crippen LogP contribution is 2.42. The Hall–Kier alpha value is -2.71. The Morgan fingerprint density at radius 3 is 2.70 bits per heavy atom. The molecule has 0 saturated heterocycles. The van der Waals surface area contributed by atoms with Crippen molar-refractivity contribution in [2.24, 2.45) is 5.10 Å². The van der Waals surface area contributed by atoms with Crippen molar-refractivity contribution < 1.29 is 14.3 Å². The molecule has 9 heteroatoms. The second-order valence-electron chi connectivity index (χ2n) is 7.90. The van der Waals surface area contributed by atoms with Gasteiger partial charge in [-0.05, 0) is 47.0 Å². The molecule has 1 heterocycles. The number of rotatable bonds is 5. The van der Waals surface area contributed by atoms with Crippen LogP contribution in [0.5, 0.6) is 11.5 Å². The number of para-hydroxylation sites is 1. The SMILES string of the molecule is COc1cc(C=Nn2c(C3CCCCC3)nc3ccccc3c2=O)c(Br)c(Cl)c1OC(C)=O. The summed E-state index contributed by atoms with van der Waals surface area (Å²) in [6, 6.07) is 8.94. The van der Waals surface area contributed by atoms with E-state index in [2.05, 4.69) is 21.0 Å². The zero-order valence-corrected chi connectivity index (χ0v) is 20.6. The zero-order chi connectivity index (χ0) is 23.5. The van der Waals surface area contributed by atoms with Gasteiger partial charge in [-0.25, -0.2) is 4.98 Å². The molecule has 1 saturated carbocycles. The number of benzene rings is 2. The number of carbonyl (C=O) groups is 1. The summed E-state index contributed by atoms with van der Waals surface area (Å²) in [5.41, 5.74) is 1.01. The molecular formula is C24H23BrClN3O4. The molecule has 1 aliphatic carbocycles. The Kier molecular flexibility index (Phi) is 7.14. The lowest BCUT2D eigenvalue weighted by Gasteiger charge is -2.22. The lowest BCUT2D eigenvalue weighted by atomic mass is 9.88. The van der Waals surface area contributed by atoms with E-state index in [1.807, 2.05) is 18.2 Å². The van der Waals surface area contributed by atoms with Crippen LogP contribution in [0.15, 0.2) is 44.7 Å². The summed E-state index contributed by atoms with van der Waals surface area (Å²) < 4.78 is 12.4. The highest BCUT2D eigenvalue weighted by atomic mass is 79.9. The Morgan fingerprint density at radius 2 is 2.00 bits per heavy atom. The van der Waals surface area contributed by atoms with Crippen LogP contribution >= 0.6 is 27.5 Å². The van der Waals surface area contributed by atoms with Crippen LogP contribution in [0.1, 0.15) is 56.3 Å². The summed E-state index contributed by atoms with van der Waals surface area (Å²) in [6.07, 6.45) is 6.87. The number of carbonyl (C=O) groups excluding carboxylic acids is 1. The first kappa shape index (κ1) is 23.4. The quantitative estimate of drug-likeness (QED) is 0.240. The minimum Gasteiger partial charge on any atom is -0.493 e. The number of aromatic nitrogens is 2. The molecule has 33 heavy (non-hydrogen) atoms. The number of methoxy groups -OCH3 is 1. The van der Waals surface area contributed by atoms with Gasteiger partial charge in [0.2, 0.25) is 0 Å². The molecule has 1 aromatic heterocycles. The Labute approximate surface area is 204 Å². The highest BCUT2D eigenvalue weighted by Gasteiger charge is 2.23. The van der Waals surface area contributed by atoms with Crippen molar-refractivity contribution in [1.82, 2.24) is 9.66 Å². The number of hydrogen-bond donors (Lipinski definition) is 0. The van der Waals surface area contributed by atoms with E-state index in [4.69, 9.17) is 26.1 Å². The summed E-state index contributed by atoms with van der Waals surface area (Å²) in [5.74, 6) is 0.704. The molecule has 3 aromatic rings. The van der Waals surface area contributed by atoms with E-state index in [0.29, 0.717) is 26.8 Å². The zero-order valence-electron chi connectivity index (χ0n) is 18.3.